The van der Waals surface area contributed by atoms with Gasteiger partial charge in [-0.2, -0.15) is 0 Å². The summed E-state index contributed by atoms with van der Waals surface area (Å²) in [6, 6.07) is 1.16. The van der Waals surface area contributed by atoms with E-state index in [-0.39, 0.29) is 0 Å². The lowest BCUT2D eigenvalue weighted by Crippen LogP contribution is -2.59. The first kappa shape index (κ1) is 10.4. The van der Waals surface area contributed by atoms with Crippen LogP contribution in [-0.2, 0) is 0 Å². The van der Waals surface area contributed by atoms with Crippen molar-refractivity contribution < 1.29 is 5.11 Å². The van der Waals surface area contributed by atoms with E-state index in [0.717, 1.165) is 6.42 Å². The molecule has 1 aliphatic carbocycles. The third kappa shape index (κ3) is 1.59. The largest absolute Gasteiger partial charge is 0.390 e. The van der Waals surface area contributed by atoms with Crippen LogP contribution in [0.4, 0.5) is 0 Å². The van der Waals surface area contributed by atoms with Crippen LogP contribution >= 0.6 is 0 Å². The molecule has 1 heterocycles. The molecular weight excluding hydrogens is 174 g/mol. The molecule has 0 bridgehead atoms. The van der Waals surface area contributed by atoms with Gasteiger partial charge in [-0.25, -0.2) is 0 Å². The van der Waals surface area contributed by atoms with Crippen molar-refractivity contribution >= 4 is 0 Å². The van der Waals surface area contributed by atoms with Gasteiger partial charge in [0.05, 0.1) is 5.60 Å². The zero-order valence-electron chi connectivity index (χ0n) is 9.66. The Hall–Kier alpha value is -0.0800. The van der Waals surface area contributed by atoms with E-state index >= 15 is 0 Å². The van der Waals surface area contributed by atoms with Gasteiger partial charge in [0.1, 0.15) is 0 Å². The van der Waals surface area contributed by atoms with Gasteiger partial charge >= 0.3 is 0 Å². The van der Waals surface area contributed by atoms with E-state index in [0.29, 0.717) is 18.0 Å². The summed E-state index contributed by atoms with van der Waals surface area (Å²) in [5.74, 6) is 0.512. The maximum absolute atomic E-state index is 10.4. The number of fused-ring (bicyclic) bond motifs is 1. The number of hydrogen-bond acceptors (Lipinski definition) is 2. The molecule has 0 amide bonds. The van der Waals surface area contributed by atoms with Crippen LogP contribution in [0.1, 0.15) is 46.0 Å². The molecule has 2 nitrogen and oxygen atoms in total. The average molecular weight is 197 g/mol. The Kier molecular flexibility index (Phi) is 2.61. The smallest absolute Gasteiger partial charge is 0.0677 e. The number of aliphatic hydroxyl groups is 1. The van der Waals surface area contributed by atoms with Crippen molar-refractivity contribution in [1.29, 1.82) is 0 Å². The fourth-order valence-electron chi connectivity index (χ4n) is 3.54. The summed E-state index contributed by atoms with van der Waals surface area (Å²) in [5, 5.41) is 10.4. The zero-order valence-corrected chi connectivity index (χ0v) is 9.66. The Morgan fingerprint density at radius 2 is 1.93 bits per heavy atom. The van der Waals surface area contributed by atoms with Crippen molar-refractivity contribution in [3.05, 3.63) is 0 Å². The second kappa shape index (κ2) is 3.49. The molecule has 82 valence electrons. The highest BCUT2D eigenvalue weighted by atomic mass is 16.3. The first-order chi connectivity index (χ1) is 6.52. The van der Waals surface area contributed by atoms with Gasteiger partial charge in [-0.05, 0) is 40.2 Å². The van der Waals surface area contributed by atoms with Crippen LogP contribution in [0, 0.1) is 5.92 Å². The highest BCUT2D eigenvalue weighted by Gasteiger charge is 2.46. The Morgan fingerprint density at radius 1 is 1.29 bits per heavy atom. The summed E-state index contributed by atoms with van der Waals surface area (Å²) < 4.78 is 0. The van der Waals surface area contributed by atoms with Crippen LogP contribution in [0.15, 0.2) is 0 Å². The molecule has 0 radical (unpaired) electrons. The average Bonchev–Trinajstić information content (AvgIpc) is 2.14. The molecule has 0 spiro atoms. The highest BCUT2D eigenvalue weighted by molar-refractivity contribution is 5.00. The van der Waals surface area contributed by atoms with E-state index in [1.165, 1.54) is 25.7 Å². The molecule has 2 heteroatoms. The Balaban J connectivity index is 2.19. The Bertz CT molecular complexity index is 214. The molecule has 2 aliphatic rings. The minimum absolute atomic E-state index is 0.420. The summed E-state index contributed by atoms with van der Waals surface area (Å²) in [4.78, 5) is 2.49. The minimum atomic E-state index is -0.420. The SMILES string of the molecule is C[C@@H]1C[C@@](C)(O)C2CCCCC2N1C. The molecule has 1 aliphatic heterocycles. The van der Waals surface area contributed by atoms with E-state index < -0.39 is 5.60 Å². The Labute approximate surface area is 87.3 Å². The summed E-state index contributed by atoms with van der Waals surface area (Å²) in [5.41, 5.74) is -0.420. The highest BCUT2D eigenvalue weighted by Crippen LogP contribution is 2.42. The van der Waals surface area contributed by atoms with Gasteiger partial charge in [0, 0.05) is 18.0 Å². The first-order valence-corrected chi connectivity index (χ1v) is 5.96. The fraction of sp³-hybridized carbons (Fsp3) is 1.00. The van der Waals surface area contributed by atoms with Crippen LogP contribution in [-0.4, -0.2) is 34.7 Å². The van der Waals surface area contributed by atoms with Crippen molar-refractivity contribution in [1.82, 2.24) is 4.90 Å². The lowest BCUT2D eigenvalue weighted by Gasteiger charge is -2.53. The molecular formula is C12H23NO. The van der Waals surface area contributed by atoms with Gasteiger partial charge in [-0.15, -0.1) is 0 Å². The molecule has 2 unspecified atom stereocenters. The molecule has 2 rings (SSSR count). The number of nitrogens with zero attached hydrogens (tertiary/aromatic N) is 1. The van der Waals surface area contributed by atoms with E-state index in [1.807, 2.05) is 6.92 Å². The van der Waals surface area contributed by atoms with E-state index in [4.69, 9.17) is 0 Å². The normalized spacial score (nSPS) is 50.1. The number of hydrogen-bond donors (Lipinski definition) is 1. The van der Waals surface area contributed by atoms with Crippen LogP contribution in [0.25, 0.3) is 0 Å². The molecule has 1 saturated carbocycles. The quantitative estimate of drug-likeness (QED) is 0.642. The topological polar surface area (TPSA) is 23.5 Å². The second-order valence-corrected chi connectivity index (χ2v) is 5.53. The third-order valence-electron chi connectivity index (χ3n) is 4.46. The monoisotopic (exact) mass is 197 g/mol. The van der Waals surface area contributed by atoms with Crippen LogP contribution in [0.3, 0.4) is 0 Å². The van der Waals surface area contributed by atoms with Crippen molar-refractivity contribution in [2.24, 2.45) is 5.92 Å². The van der Waals surface area contributed by atoms with Gasteiger partial charge in [0.2, 0.25) is 0 Å². The molecule has 1 N–H and O–H groups in total. The predicted octanol–water partition coefficient (Wildman–Crippen LogP) is 2.02. The lowest BCUT2D eigenvalue weighted by atomic mass is 9.68. The summed E-state index contributed by atoms with van der Waals surface area (Å²) >= 11 is 0. The summed E-state index contributed by atoms with van der Waals surface area (Å²) in [6.45, 7) is 4.28. The maximum atomic E-state index is 10.4. The first-order valence-electron chi connectivity index (χ1n) is 5.96. The van der Waals surface area contributed by atoms with Crippen LogP contribution < -0.4 is 0 Å². The van der Waals surface area contributed by atoms with Crippen LogP contribution in [0.5, 0.6) is 0 Å². The van der Waals surface area contributed by atoms with Crippen molar-refractivity contribution in [3.63, 3.8) is 0 Å². The number of piperidine rings is 1. The van der Waals surface area contributed by atoms with Gasteiger partial charge in [0.15, 0.2) is 0 Å². The van der Waals surface area contributed by atoms with E-state index in [9.17, 15) is 5.11 Å². The number of rotatable bonds is 0. The van der Waals surface area contributed by atoms with Gasteiger partial charge in [-0.3, -0.25) is 0 Å². The second-order valence-electron chi connectivity index (χ2n) is 5.53. The molecule has 1 saturated heterocycles. The Morgan fingerprint density at radius 3 is 2.64 bits per heavy atom. The summed E-state index contributed by atoms with van der Waals surface area (Å²) in [6.07, 6.45) is 6.08. The van der Waals surface area contributed by atoms with Crippen molar-refractivity contribution in [2.75, 3.05) is 7.05 Å². The standard InChI is InChI=1S/C12H23NO/c1-9-8-12(2,14)10-6-4-5-7-11(10)13(9)3/h9-11,14H,4-8H2,1-3H3/t9-,10?,11?,12-/m1/s1. The van der Waals surface area contributed by atoms with Crippen molar-refractivity contribution in [2.45, 2.75) is 63.6 Å². The lowest BCUT2D eigenvalue weighted by molar-refractivity contribution is -0.115. The third-order valence-corrected chi connectivity index (χ3v) is 4.46. The van der Waals surface area contributed by atoms with E-state index in [2.05, 4.69) is 18.9 Å². The maximum Gasteiger partial charge on any atom is 0.0677 e. The predicted molar refractivity (Wildman–Crippen MR) is 58.2 cm³/mol. The molecule has 0 aromatic carbocycles. The van der Waals surface area contributed by atoms with Gasteiger partial charge < -0.3 is 10.0 Å². The van der Waals surface area contributed by atoms with Gasteiger partial charge in [0.25, 0.3) is 0 Å². The van der Waals surface area contributed by atoms with Crippen LogP contribution in [0.2, 0.25) is 0 Å². The van der Waals surface area contributed by atoms with Crippen molar-refractivity contribution in [3.8, 4) is 0 Å². The molecule has 14 heavy (non-hydrogen) atoms. The molecule has 2 fully saturated rings. The number of likely N-dealkylation sites (tertiary alicyclic amines) is 1. The summed E-state index contributed by atoms with van der Waals surface area (Å²) in [7, 11) is 2.23. The molecule has 4 atom stereocenters. The zero-order chi connectivity index (χ0) is 10.3. The molecule has 0 aromatic rings. The van der Waals surface area contributed by atoms with E-state index in [1.54, 1.807) is 0 Å². The fourth-order valence-corrected chi connectivity index (χ4v) is 3.54. The molecule has 0 aromatic heterocycles. The minimum Gasteiger partial charge on any atom is -0.390 e. The van der Waals surface area contributed by atoms with Gasteiger partial charge in [-0.1, -0.05) is 12.8 Å².